The number of nitrogens with zero attached hydrogens (tertiary/aromatic N) is 3. The number of rotatable bonds is 7. The number of hydrogen-bond donors (Lipinski definition) is 1. The molecular formula is C29H38N4O5S. The molecule has 6 rings (SSSR count). The second-order valence-electron chi connectivity index (χ2n) is 12.2. The summed E-state index contributed by atoms with van der Waals surface area (Å²) in [5.74, 6) is 1.00. The molecule has 10 heteroatoms. The van der Waals surface area contributed by atoms with Gasteiger partial charge in [-0.05, 0) is 68.4 Å². The fourth-order valence-electron chi connectivity index (χ4n) is 6.01. The van der Waals surface area contributed by atoms with E-state index in [1.165, 1.54) is 12.8 Å². The number of carbonyl (C=O) groups is 1. The molecule has 2 aromatic rings. The Kier molecular flexibility index (Phi) is 6.84. The van der Waals surface area contributed by atoms with Crippen LogP contribution in [0.3, 0.4) is 0 Å². The van der Waals surface area contributed by atoms with Crippen molar-refractivity contribution in [3.05, 3.63) is 42.0 Å². The zero-order valence-corrected chi connectivity index (χ0v) is 23.6. The predicted octanol–water partition coefficient (Wildman–Crippen LogP) is 3.75. The zero-order chi connectivity index (χ0) is 27.3. The lowest BCUT2D eigenvalue weighted by molar-refractivity contribution is -0.0870. The standard InChI is InChI=1S/C29H38N4O5S/c1-21-17-33(14-15-38-21)26-5-3-4-25(30-26)31-27(34)23-7-6-22(39(35,36)20-28(2)18-37-19-28)16-24(23)32-12-10-29(8-9-29)11-13-32/h3-7,16,21H,8-15,17-20H2,1-2H3,(H,30,31,34)/t21-/m1/s1. The molecule has 3 saturated heterocycles. The van der Waals surface area contributed by atoms with Crippen molar-refractivity contribution < 1.29 is 22.7 Å². The van der Waals surface area contributed by atoms with Gasteiger partial charge in [0.15, 0.2) is 9.84 Å². The second kappa shape index (κ2) is 10.1. The Morgan fingerprint density at radius 3 is 2.51 bits per heavy atom. The van der Waals surface area contributed by atoms with Gasteiger partial charge in [0.2, 0.25) is 0 Å². The monoisotopic (exact) mass is 554 g/mol. The van der Waals surface area contributed by atoms with Crippen LogP contribution in [0.1, 0.15) is 49.9 Å². The first-order valence-corrected chi connectivity index (χ1v) is 15.6. The summed E-state index contributed by atoms with van der Waals surface area (Å²) in [5.41, 5.74) is 1.24. The Balaban J connectivity index is 1.26. The predicted molar refractivity (Wildman–Crippen MR) is 150 cm³/mol. The number of carbonyl (C=O) groups excluding carboxylic acids is 1. The largest absolute Gasteiger partial charge is 0.380 e. The number of morpholine rings is 1. The quantitative estimate of drug-likeness (QED) is 0.552. The molecular weight excluding hydrogens is 516 g/mol. The number of hydrogen-bond acceptors (Lipinski definition) is 8. The van der Waals surface area contributed by atoms with E-state index in [-0.39, 0.29) is 28.1 Å². The summed E-state index contributed by atoms with van der Waals surface area (Å²) in [5, 5.41) is 2.97. The van der Waals surface area contributed by atoms with Crippen LogP contribution in [-0.4, -0.2) is 77.2 Å². The molecule has 1 aromatic carbocycles. The molecule has 1 spiro atoms. The molecule has 4 aliphatic rings. The van der Waals surface area contributed by atoms with Crippen molar-refractivity contribution in [2.45, 2.75) is 50.5 Å². The van der Waals surface area contributed by atoms with Gasteiger partial charge < -0.3 is 24.6 Å². The van der Waals surface area contributed by atoms with Gasteiger partial charge in [0.05, 0.1) is 47.8 Å². The Morgan fingerprint density at radius 2 is 1.85 bits per heavy atom. The van der Waals surface area contributed by atoms with E-state index in [9.17, 15) is 13.2 Å². The van der Waals surface area contributed by atoms with E-state index in [0.29, 0.717) is 42.3 Å². The zero-order valence-electron chi connectivity index (χ0n) is 22.8. The molecule has 0 radical (unpaired) electrons. The van der Waals surface area contributed by atoms with E-state index in [1.807, 2.05) is 26.0 Å². The summed E-state index contributed by atoms with van der Waals surface area (Å²) < 4.78 is 37.7. The highest BCUT2D eigenvalue weighted by Gasteiger charge is 2.45. The summed E-state index contributed by atoms with van der Waals surface area (Å²) in [6.07, 6.45) is 4.81. The molecule has 39 heavy (non-hydrogen) atoms. The van der Waals surface area contributed by atoms with E-state index in [4.69, 9.17) is 14.5 Å². The molecule has 3 aliphatic heterocycles. The lowest BCUT2D eigenvalue weighted by atomic mass is 9.92. The van der Waals surface area contributed by atoms with E-state index in [1.54, 1.807) is 24.3 Å². The van der Waals surface area contributed by atoms with Crippen molar-refractivity contribution in [3.63, 3.8) is 0 Å². The third-order valence-corrected chi connectivity index (χ3v) is 10.7. The van der Waals surface area contributed by atoms with Crippen LogP contribution in [0.15, 0.2) is 41.3 Å². The molecule has 1 N–H and O–H groups in total. The smallest absolute Gasteiger partial charge is 0.258 e. The Labute approximate surface area is 230 Å². The first-order chi connectivity index (χ1) is 18.6. The first-order valence-electron chi connectivity index (χ1n) is 14.0. The van der Waals surface area contributed by atoms with Gasteiger partial charge in [-0.2, -0.15) is 0 Å². The minimum atomic E-state index is -3.54. The van der Waals surface area contributed by atoms with Crippen LogP contribution >= 0.6 is 0 Å². The molecule has 9 nitrogen and oxygen atoms in total. The maximum atomic E-state index is 13.6. The van der Waals surface area contributed by atoms with Crippen molar-refractivity contribution in [2.24, 2.45) is 10.8 Å². The maximum Gasteiger partial charge on any atom is 0.258 e. The molecule has 1 atom stereocenters. The van der Waals surface area contributed by atoms with Crippen LogP contribution in [0, 0.1) is 10.8 Å². The SMILES string of the molecule is C[C@@H]1CN(c2cccc(NC(=O)c3ccc(S(=O)(=O)CC4(C)COC4)cc3N3CCC4(CC3)CC4)n2)CCO1. The van der Waals surface area contributed by atoms with Gasteiger partial charge in [0.1, 0.15) is 11.6 Å². The van der Waals surface area contributed by atoms with Gasteiger partial charge in [-0.3, -0.25) is 4.79 Å². The Bertz CT molecular complexity index is 1350. The van der Waals surface area contributed by atoms with Crippen molar-refractivity contribution in [2.75, 3.05) is 66.9 Å². The molecule has 4 fully saturated rings. The lowest BCUT2D eigenvalue weighted by Gasteiger charge is -2.38. The van der Waals surface area contributed by atoms with Crippen LogP contribution in [0.5, 0.6) is 0 Å². The highest BCUT2D eigenvalue weighted by Crippen LogP contribution is 2.54. The minimum Gasteiger partial charge on any atom is -0.380 e. The number of aromatic nitrogens is 1. The van der Waals surface area contributed by atoms with Crippen LogP contribution in [0.2, 0.25) is 0 Å². The molecule has 0 unspecified atom stereocenters. The summed E-state index contributed by atoms with van der Waals surface area (Å²) in [4.78, 5) is 22.9. The average Bonchev–Trinajstić information content (AvgIpc) is 3.66. The van der Waals surface area contributed by atoms with Gasteiger partial charge in [-0.15, -0.1) is 0 Å². The van der Waals surface area contributed by atoms with E-state index >= 15 is 0 Å². The van der Waals surface area contributed by atoms with Gasteiger partial charge in [-0.1, -0.05) is 13.0 Å². The van der Waals surface area contributed by atoms with Crippen molar-refractivity contribution >= 4 is 33.1 Å². The molecule has 1 aromatic heterocycles. The molecule has 1 amide bonds. The van der Waals surface area contributed by atoms with E-state index in [0.717, 1.165) is 44.8 Å². The number of sulfone groups is 1. The summed E-state index contributed by atoms with van der Waals surface area (Å²) in [6.45, 7) is 8.64. The number of pyridine rings is 1. The normalized spacial score (nSPS) is 23.8. The average molecular weight is 555 g/mol. The highest BCUT2D eigenvalue weighted by atomic mass is 32.2. The van der Waals surface area contributed by atoms with Crippen molar-refractivity contribution in [3.8, 4) is 0 Å². The maximum absolute atomic E-state index is 13.6. The van der Waals surface area contributed by atoms with Crippen molar-refractivity contribution in [1.29, 1.82) is 0 Å². The third-order valence-electron chi connectivity index (χ3n) is 8.68. The molecule has 0 bridgehead atoms. The van der Waals surface area contributed by atoms with E-state index in [2.05, 4.69) is 15.1 Å². The van der Waals surface area contributed by atoms with Crippen LogP contribution in [0.25, 0.3) is 0 Å². The van der Waals surface area contributed by atoms with Gasteiger partial charge in [-0.25, -0.2) is 13.4 Å². The number of anilines is 3. The third kappa shape index (κ3) is 5.64. The van der Waals surface area contributed by atoms with Gasteiger partial charge >= 0.3 is 0 Å². The molecule has 1 aliphatic carbocycles. The molecule has 1 saturated carbocycles. The first kappa shape index (κ1) is 26.5. The number of benzene rings is 1. The highest BCUT2D eigenvalue weighted by molar-refractivity contribution is 7.91. The number of piperidine rings is 1. The van der Waals surface area contributed by atoms with Gasteiger partial charge in [0.25, 0.3) is 5.91 Å². The second-order valence-corrected chi connectivity index (χ2v) is 14.2. The van der Waals surface area contributed by atoms with E-state index < -0.39 is 9.84 Å². The number of amides is 1. The van der Waals surface area contributed by atoms with Crippen LogP contribution in [0.4, 0.5) is 17.3 Å². The summed E-state index contributed by atoms with van der Waals surface area (Å²) in [7, 11) is -3.54. The summed E-state index contributed by atoms with van der Waals surface area (Å²) >= 11 is 0. The Morgan fingerprint density at radius 1 is 1.08 bits per heavy atom. The minimum absolute atomic E-state index is 0.0327. The van der Waals surface area contributed by atoms with Crippen molar-refractivity contribution in [1.82, 2.24) is 4.98 Å². The molecule has 4 heterocycles. The fourth-order valence-corrected chi connectivity index (χ4v) is 7.83. The Hall–Kier alpha value is -2.69. The number of ether oxygens (including phenoxy) is 2. The lowest BCUT2D eigenvalue weighted by Crippen LogP contribution is -2.45. The van der Waals surface area contributed by atoms with Crippen LogP contribution in [-0.2, 0) is 19.3 Å². The van der Waals surface area contributed by atoms with Gasteiger partial charge in [0, 0.05) is 31.6 Å². The number of nitrogens with one attached hydrogen (secondary N) is 1. The fraction of sp³-hybridized carbons (Fsp3) is 0.586. The summed E-state index contributed by atoms with van der Waals surface area (Å²) in [6, 6.07) is 10.5. The van der Waals surface area contributed by atoms with Crippen LogP contribution < -0.4 is 15.1 Å². The molecule has 210 valence electrons. The topological polar surface area (TPSA) is 101 Å².